The molecule has 8 nitrogen and oxygen atoms in total. The van der Waals surface area contributed by atoms with Gasteiger partial charge in [0.1, 0.15) is 25.7 Å². The fraction of sp³-hybridized carbons (Fsp3) is 1.00. The van der Waals surface area contributed by atoms with E-state index in [0.29, 0.717) is 0 Å². The molecule has 9 heteroatoms. The molecular formula is C7H18NO7P. The molecule has 98 valence electrons. The van der Waals surface area contributed by atoms with E-state index in [1.807, 2.05) is 0 Å². The van der Waals surface area contributed by atoms with E-state index in [1.165, 1.54) is 0 Å². The Labute approximate surface area is 92.8 Å². The minimum absolute atomic E-state index is 0.292. The van der Waals surface area contributed by atoms with Crippen molar-refractivity contribution in [3.8, 4) is 0 Å². The van der Waals surface area contributed by atoms with Crippen molar-refractivity contribution in [3.63, 3.8) is 0 Å². The van der Waals surface area contributed by atoms with Crippen LogP contribution in [-0.4, -0.2) is 57.5 Å². The van der Waals surface area contributed by atoms with Gasteiger partial charge in [-0.15, -0.1) is 0 Å². The van der Waals surface area contributed by atoms with Crippen LogP contribution >= 0.6 is 7.60 Å². The molecule has 1 unspecified atom stereocenters. The Bertz CT molecular complexity index is 243. The van der Waals surface area contributed by atoms with Crippen molar-refractivity contribution in [1.29, 1.82) is 0 Å². The van der Waals surface area contributed by atoms with E-state index in [4.69, 9.17) is 20.2 Å². The lowest BCUT2D eigenvalue weighted by molar-refractivity contribution is -0.494. The highest BCUT2D eigenvalue weighted by Crippen LogP contribution is 2.49. The number of aliphatic hydroxyl groups is 3. The standard InChI is InChI=1S/C4H11NO3.C3H7O4P/c5-4(1-6,2-7)3-8;1-2-3(7-2)8(4,5)6/h6-8H,1-3,5H2;2-3H,1H3,(H2,4,5,6)/t;2-,3+/m.1/s1. The van der Waals surface area contributed by atoms with Crippen LogP contribution in [0.25, 0.3) is 0 Å². The van der Waals surface area contributed by atoms with Gasteiger partial charge in [-0.2, -0.15) is 0 Å². The number of epoxide rings is 1. The van der Waals surface area contributed by atoms with Gasteiger partial charge in [-0.3, -0.25) is 0 Å². The summed E-state index contributed by atoms with van der Waals surface area (Å²) in [6, 6.07) is 0. The highest BCUT2D eigenvalue weighted by atomic mass is 31.2. The molecule has 0 amide bonds. The summed E-state index contributed by atoms with van der Waals surface area (Å²) in [5.74, 6) is -0.928. The Hall–Kier alpha value is -0.0500. The summed E-state index contributed by atoms with van der Waals surface area (Å²) in [7, 11) is -4.15. The second kappa shape index (κ2) is 6.04. The lowest BCUT2D eigenvalue weighted by Crippen LogP contribution is -2.78. The van der Waals surface area contributed by atoms with Crippen molar-refractivity contribution in [2.24, 2.45) is 0 Å². The highest BCUT2D eigenvalue weighted by molar-refractivity contribution is 7.51. The molecule has 1 fully saturated rings. The molecule has 0 saturated carbocycles. The van der Waals surface area contributed by atoms with Gasteiger partial charge in [0.2, 0.25) is 0 Å². The van der Waals surface area contributed by atoms with Crippen LogP contribution in [0.4, 0.5) is 0 Å². The van der Waals surface area contributed by atoms with Crippen LogP contribution in [0.2, 0.25) is 0 Å². The van der Waals surface area contributed by atoms with Gasteiger partial charge in [0, 0.05) is 0 Å². The smallest absolute Gasteiger partial charge is 0.164 e. The van der Waals surface area contributed by atoms with Crippen LogP contribution < -0.4 is 10.6 Å². The van der Waals surface area contributed by atoms with Gasteiger partial charge in [-0.1, -0.05) is 0 Å². The average Bonchev–Trinajstić information content (AvgIpc) is 2.95. The lowest BCUT2D eigenvalue weighted by Gasteiger charge is -2.16. The van der Waals surface area contributed by atoms with Crippen LogP contribution in [0.5, 0.6) is 0 Å². The van der Waals surface area contributed by atoms with E-state index in [2.05, 4.69) is 10.5 Å². The van der Waals surface area contributed by atoms with Crippen molar-refractivity contribution in [1.82, 2.24) is 0 Å². The maximum atomic E-state index is 10.1. The molecule has 1 saturated heterocycles. The fourth-order valence-electron chi connectivity index (χ4n) is 0.667. The van der Waals surface area contributed by atoms with Gasteiger partial charge >= 0.3 is 0 Å². The molecule has 0 radical (unpaired) electrons. The minimum Gasteiger partial charge on any atom is -0.777 e. The van der Waals surface area contributed by atoms with Crippen molar-refractivity contribution in [2.45, 2.75) is 24.4 Å². The van der Waals surface area contributed by atoms with Crippen LogP contribution in [0.3, 0.4) is 0 Å². The van der Waals surface area contributed by atoms with Crippen molar-refractivity contribution in [3.05, 3.63) is 0 Å². The van der Waals surface area contributed by atoms with Gasteiger partial charge in [0.25, 0.3) is 0 Å². The van der Waals surface area contributed by atoms with Crippen LogP contribution in [0.1, 0.15) is 6.92 Å². The Balaban J connectivity index is 0.000000281. The Morgan fingerprint density at radius 1 is 1.38 bits per heavy atom. The third-order valence-electron chi connectivity index (χ3n) is 2.01. The summed E-state index contributed by atoms with van der Waals surface area (Å²) in [6.07, 6.45) is -0.316. The first-order valence-corrected chi connectivity index (χ1v) is 6.22. The molecule has 0 aromatic rings. The first-order valence-electron chi connectivity index (χ1n) is 4.57. The van der Waals surface area contributed by atoms with E-state index in [1.54, 1.807) is 6.92 Å². The Morgan fingerprint density at radius 3 is 1.69 bits per heavy atom. The van der Waals surface area contributed by atoms with E-state index < -0.39 is 19.0 Å². The molecular weight excluding hydrogens is 241 g/mol. The second-order valence-corrected chi connectivity index (χ2v) is 5.41. The Kier molecular flexibility index (Phi) is 6.02. The van der Waals surface area contributed by atoms with E-state index >= 15 is 0 Å². The quantitative estimate of drug-likeness (QED) is 0.255. The predicted molar refractivity (Wildman–Crippen MR) is 51.0 cm³/mol. The fourth-order valence-corrected chi connectivity index (χ4v) is 1.54. The minimum atomic E-state index is -4.15. The summed E-state index contributed by atoms with van der Waals surface area (Å²) < 4.78 is 14.5. The van der Waals surface area contributed by atoms with Crippen molar-refractivity contribution >= 4 is 7.60 Å². The SMILES string of the molecule is C[C@H]1O[C@H]1P(=O)([O-])O.[NH3+]C(CO)(CO)CO. The number of rotatable bonds is 4. The monoisotopic (exact) mass is 259 g/mol. The van der Waals surface area contributed by atoms with Crippen LogP contribution in [0.15, 0.2) is 0 Å². The number of ether oxygens (including phenoxy) is 1. The lowest BCUT2D eigenvalue weighted by atomic mass is 10.1. The van der Waals surface area contributed by atoms with E-state index in [0.717, 1.165) is 0 Å². The summed E-state index contributed by atoms with van der Waals surface area (Å²) >= 11 is 0. The largest absolute Gasteiger partial charge is 0.777 e. The topological polar surface area (TPSA) is 161 Å². The summed E-state index contributed by atoms with van der Waals surface area (Å²) in [4.78, 5) is 18.3. The third-order valence-corrected chi connectivity index (χ3v) is 3.19. The van der Waals surface area contributed by atoms with E-state index in [-0.39, 0.29) is 25.9 Å². The third kappa shape index (κ3) is 5.33. The normalized spacial score (nSPS) is 27.7. The molecule has 1 rings (SSSR count). The van der Waals surface area contributed by atoms with Gasteiger partial charge in [0.15, 0.2) is 13.1 Å². The van der Waals surface area contributed by atoms with Gasteiger partial charge < -0.3 is 40.1 Å². The molecule has 0 aromatic heterocycles. The molecule has 0 spiro atoms. The van der Waals surface area contributed by atoms with Crippen LogP contribution in [0, 0.1) is 0 Å². The number of hydrogen-bond donors (Lipinski definition) is 5. The van der Waals surface area contributed by atoms with E-state index in [9.17, 15) is 9.46 Å². The van der Waals surface area contributed by atoms with Crippen molar-refractivity contribution < 1.29 is 40.1 Å². The molecule has 1 heterocycles. The average molecular weight is 259 g/mol. The van der Waals surface area contributed by atoms with Crippen molar-refractivity contribution in [2.75, 3.05) is 19.8 Å². The zero-order chi connectivity index (χ0) is 13.0. The number of quaternary nitrogens is 1. The Morgan fingerprint density at radius 2 is 1.69 bits per heavy atom. The molecule has 0 bridgehead atoms. The summed E-state index contributed by atoms with van der Waals surface area (Å²) in [6.45, 7) is 0.714. The van der Waals surface area contributed by atoms with Gasteiger partial charge in [-0.25, -0.2) is 0 Å². The maximum absolute atomic E-state index is 10.1. The molecule has 1 aliphatic heterocycles. The number of aliphatic hydroxyl groups excluding tert-OH is 3. The number of hydrogen-bond acceptors (Lipinski definition) is 6. The van der Waals surface area contributed by atoms with Gasteiger partial charge in [0.05, 0.1) is 6.10 Å². The first-order chi connectivity index (χ1) is 7.20. The zero-order valence-corrected chi connectivity index (χ0v) is 9.84. The predicted octanol–water partition coefficient (Wildman–Crippen LogP) is -3.78. The highest BCUT2D eigenvalue weighted by Gasteiger charge is 2.42. The molecule has 16 heavy (non-hydrogen) atoms. The first kappa shape index (κ1) is 16.0. The van der Waals surface area contributed by atoms with Gasteiger partial charge in [-0.05, 0) is 6.92 Å². The van der Waals surface area contributed by atoms with Crippen LogP contribution in [-0.2, 0) is 9.30 Å². The molecule has 3 atom stereocenters. The maximum Gasteiger partial charge on any atom is 0.164 e. The second-order valence-electron chi connectivity index (χ2n) is 3.77. The molecule has 1 aliphatic rings. The molecule has 0 aliphatic carbocycles. The summed E-state index contributed by atoms with van der Waals surface area (Å²) in [5.41, 5.74) is 2.42. The molecule has 0 aromatic carbocycles. The summed E-state index contributed by atoms with van der Waals surface area (Å²) in [5, 5.41) is 25.2. The molecule has 7 N–H and O–H groups in total. The zero-order valence-electron chi connectivity index (χ0n) is 8.94.